The molecule has 1 aromatic carbocycles. The van der Waals surface area contributed by atoms with Crippen LogP contribution in [0.5, 0.6) is 0 Å². The van der Waals surface area contributed by atoms with Gasteiger partial charge in [-0.3, -0.25) is 0 Å². The van der Waals surface area contributed by atoms with Gasteiger partial charge in [-0.1, -0.05) is 13.8 Å². The Morgan fingerprint density at radius 3 is 2.61 bits per heavy atom. The molecule has 1 aromatic rings. The van der Waals surface area contributed by atoms with Crippen LogP contribution in [-0.2, 0) is 0 Å². The van der Waals surface area contributed by atoms with Crippen molar-refractivity contribution >= 4 is 5.69 Å². The van der Waals surface area contributed by atoms with Gasteiger partial charge < -0.3 is 10.2 Å². The van der Waals surface area contributed by atoms with Crippen LogP contribution in [-0.4, -0.2) is 25.2 Å². The minimum Gasteiger partial charge on any atom is -0.366 e. The lowest BCUT2D eigenvalue weighted by atomic mass is 9.99. The van der Waals surface area contributed by atoms with Crippen molar-refractivity contribution in [2.75, 3.05) is 18.0 Å². The minimum absolute atomic E-state index is 0.282. The van der Waals surface area contributed by atoms with Crippen LogP contribution in [0.25, 0.3) is 0 Å². The number of halogens is 2. The molecule has 1 aliphatic heterocycles. The standard InChI is InChI=1S/C14H20F2N2/c1-9(2)14-8-18(10(3)7-17-14)11-4-5-12(15)13(16)6-11/h4-6,9-10,14,17H,7-8H2,1-3H3. The van der Waals surface area contributed by atoms with E-state index in [1.54, 1.807) is 6.07 Å². The average Bonchev–Trinajstić information content (AvgIpc) is 2.33. The summed E-state index contributed by atoms with van der Waals surface area (Å²) in [6.45, 7) is 8.10. The van der Waals surface area contributed by atoms with Gasteiger partial charge in [0.05, 0.1) is 0 Å². The van der Waals surface area contributed by atoms with E-state index in [1.165, 1.54) is 12.1 Å². The van der Waals surface area contributed by atoms with Crippen LogP contribution in [0.4, 0.5) is 14.5 Å². The Morgan fingerprint density at radius 2 is 2.00 bits per heavy atom. The maximum Gasteiger partial charge on any atom is 0.160 e. The molecule has 1 fully saturated rings. The van der Waals surface area contributed by atoms with Gasteiger partial charge in [-0.15, -0.1) is 0 Å². The second-order valence-electron chi connectivity index (χ2n) is 5.36. The van der Waals surface area contributed by atoms with E-state index in [0.29, 0.717) is 12.0 Å². The summed E-state index contributed by atoms with van der Waals surface area (Å²) >= 11 is 0. The van der Waals surface area contributed by atoms with Crippen molar-refractivity contribution in [3.8, 4) is 0 Å². The zero-order valence-corrected chi connectivity index (χ0v) is 11.1. The topological polar surface area (TPSA) is 15.3 Å². The van der Waals surface area contributed by atoms with Crippen LogP contribution < -0.4 is 10.2 Å². The molecule has 1 aliphatic rings. The first-order valence-corrected chi connectivity index (χ1v) is 6.44. The van der Waals surface area contributed by atoms with Gasteiger partial charge in [0.25, 0.3) is 0 Å². The number of hydrogen-bond acceptors (Lipinski definition) is 2. The van der Waals surface area contributed by atoms with Crippen LogP contribution in [0.3, 0.4) is 0 Å². The molecule has 100 valence electrons. The first-order chi connectivity index (χ1) is 8.49. The zero-order valence-electron chi connectivity index (χ0n) is 11.1. The molecule has 0 saturated carbocycles. The van der Waals surface area contributed by atoms with E-state index in [0.717, 1.165) is 18.8 Å². The Labute approximate surface area is 107 Å². The molecule has 2 atom stereocenters. The van der Waals surface area contributed by atoms with Crippen molar-refractivity contribution in [3.63, 3.8) is 0 Å². The molecular formula is C14H20F2N2. The number of hydrogen-bond donors (Lipinski definition) is 1. The largest absolute Gasteiger partial charge is 0.366 e. The molecule has 0 amide bonds. The summed E-state index contributed by atoms with van der Waals surface area (Å²) in [6, 6.07) is 4.80. The van der Waals surface area contributed by atoms with Gasteiger partial charge in [0.2, 0.25) is 0 Å². The number of anilines is 1. The van der Waals surface area contributed by atoms with Crippen molar-refractivity contribution in [3.05, 3.63) is 29.8 Å². The van der Waals surface area contributed by atoms with Crippen LogP contribution in [0.1, 0.15) is 20.8 Å². The summed E-state index contributed by atoms with van der Waals surface area (Å²) in [7, 11) is 0. The van der Waals surface area contributed by atoms with E-state index in [4.69, 9.17) is 0 Å². The zero-order chi connectivity index (χ0) is 13.3. The van der Waals surface area contributed by atoms with E-state index in [2.05, 4.69) is 31.0 Å². The van der Waals surface area contributed by atoms with E-state index in [9.17, 15) is 8.78 Å². The summed E-state index contributed by atoms with van der Waals surface area (Å²) in [5.74, 6) is -1.05. The number of piperazine rings is 1. The monoisotopic (exact) mass is 254 g/mol. The molecule has 2 nitrogen and oxygen atoms in total. The molecular weight excluding hydrogens is 234 g/mol. The fourth-order valence-corrected chi connectivity index (χ4v) is 2.36. The Balaban J connectivity index is 2.21. The smallest absolute Gasteiger partial charge is 0.160 e. The molecule has 18 heavy (non-hydrogen) atoms. The molecule has 0 aromatic heterocycles. The quantitative estimate of drug-likeness (QED) is 0.873. The van der Waals surface area contributed by atoms with Gasteiger partial charge in [-0.05, 0) is 25.0 Å². The second-order valence-corrected chi connectivity index (χ2v) is 5.36. The maximum absolute atomic E-state index is 13.3. The summed E-state index contributed by atoms with van der Waals surface area (Å²) in [5, 5.41) is 3.48. The molecule has 0 bridgehead atoms. The van der Waals surface area contributed by atoms with Gasteiger partial charge in [0, 0.05) is 36.9 Å². The molecule has 1 N–H and O–H groups in total. The molecule has 1 heterocycles. The van der Waals surface area contributed by atoms with E-state index in [-0.39, 0.29) is 6.04 Å². The van der Waals surface area contributed by atoms with E-state index >= 15 is 0 Å². The van der Waals surface area contributed by atoms with Gasteiger partial charge in [-0.25, -0.2) is 8.78 Å². The highest BCUT2D eigenvalue weighted by Crippen LogP contribution is 2.23. The van der Waals surface area contributed by atoms with Gasteiger partial charge >= 0.3 is 0 Å². The molecule has 1 saturated heterocycles. The van der Waals surface area contributed by atoms with Gasteiger partial charge in [-0.2, -0.15) is 0 Å². The van der Waals surface area contributed by atoms with Crippen molar-refractivity contribution in [1.29, 1.82) is 0 Å². The fraction of sp³-hybridized carbons (Fsp3) is 0.571. The molecule has 2 rings (SSSR count). The molecule has 0 aliphatic carbocycles. The third kappa shape index (κ3) is 2.64. The minimum atomic E-state index is -0.790. The van der Waals surface area contributed by atoms with Crippen molar-refractivity contribution in [1.82, 2.24) is 5.32 Å². The molecule has 4 heteroatoms. The van der Waals surface area contributed by atoms with Crippen molar-refractivity contribution in [2.24, 2.45) is 5.92 Å². The Hall–Kier alpha value is -1.16. The molecule has 2 unspecified atom stereocenters. The molecule has 0 spiro atoms. The summed E-state index contributed by atoms with van der Waals surface area (Å²) in [6.07, 6.45) is 0. The SMILES string of the molecule is CC(C)C1CN(c2ccc(F)c(F)c2)C(C)CN1. The summed E-state index contributed by atoms with van der Waals surface area (Å²) in [5.41, 5.74) is 0.758. The van der Waals surface area contributed by atoms with E-state index in [1.807, 2.05) is 0 Å². The lowest BCUT2D eigenvalue weighted by Crippen LogP contribution is -2.57. The Bertz CT molecular complexity index is 420. The number of rotatable bonds is 2. The van der Waals surface area contributed by atoms with Gasteiger partial charge in [0.15, 0.2) is 11.6 Å². The number of nitrogens with zero attached hydrogens (tertiary/aromatic N) is 1. The highest BCUT2D eigenvalue weighted by Gasteiger charge is 2.27. The molecule has 0 radical (unpaired) electrons. The Kier molecular flexibility index (Phi) is 3.85. The predicted molar refractivity (Wildman–Crippen MR) is 69.8 cm³/mol. The highest BCUT2D eigenvalue weighted by atomic mass is 19.2. The number of nitrogens with one attached hydrogen (secondary N) is 1. The second kappa shape index (κ2) is 5.22. The van der Waals surface area contributed by atoms with Crippen LogP contribution in [0, 0.1) is 17.6 Å². The van der Waals surface area contributed by atoms with Crippen LogP contribution in [0.2, 0.25) is 0 Å². The normalized spacial score (nSPS) is 24.7. The Morgan fingerprint density at radius 1 is 1.28 bits per heavy atom. The number of benzene rings is 1. The lowest BCUT2D eigenvalue weighted by molar-refractivity contribution is 0.336. The summed E-state index contributed by atoms with van der Waals surface area (Å²) < 4.78 is 26.3. The summed E-state index contributed by atoms with van der Waals surface area (Å²) in [4.78, 5) is 2.14. The van der Waals surface area contributed by atoms with Crippen LogP contribution in [0.15, 0.2) is 18.2 Å². The first-order valence-electron chi connectivity index (χ1n) is 6.44. The maximum atomic E-state index is 13.3. The van der Waals surface area contributed by atoms with Crippen LogP contribution >= 0.6 is 0 Å². The third-order valence-corrected chi connectivity index (χ3v) is 3.64. The van der Waals surface area contributed by atoms with Gasteiger partial charge in [0.1, 0.15) is 0 Å². The lowest BCUT2D eigenvalue weighted by Gasteiger charge is -2.42. The highest BCUT2D eigenvalue weighted by molar-refractivity contribution is 5.48. The van der Waals surface area contributed by atoms with E-state index < -0.39 is 11.6 Å². The first kappa shape index (κ1) is 13.3. The third-order valence-electron chi connectivity index (χ3n) is 3.64. The van der Waals surface area contributed by atoms with Crippen molar-refractivity contribution < 1.29 is 8.78 Å². The predicted octanol–water partition coefficient (Wildman–Crippen LogP) is 2.79. The fourth-order valence-electron chi connectivity index (χ4n) is 2.36. The van der Waals surface area contributed by atoms with Crippen molar-refractivity contribution in [2.45, 2.75) is 32.9 Å². The average molecular weight is 254 g/mol.